The summed E-state index contributed by atoms with van der Waals surface area (Å²) < 4.78 is 106. The number of morpholine rings is 2. The topological polar surface area (TPSA) is 300 Å². The Labute approximate surface area is 565 Å². The molecule has 0 saturated carbocycles. The molecule has 11 rings (SSSR count). The van der Waals surface area contributed by atoms with Crippen LogP contribution in [0.25, 0.3) is 66.5 Å². The summed E-state index contributed by atoms with van der Waals surface area (Å²) in [7, 11) is -0.773. The number of anilines is 3. The van der Waals surface area contributed by atoms with E-state index in [2.05, 4.69) is 65.1 Å². The van der Waals surface area contributed by atoms with E-state index < -0.39 is 29.1 Å². The lowest BCUT2D eigenvalue weighted by atomic mass is 10.1. The van der Waals surface area contributed by atoms with Crippen LogP contribution in [0.2, 0.25) is 0 Å². The van der Waals surface area contributed by atoms with Gasteiger partial charge in [0.05, 0.1) is 110 Å². The largest absolute Gasteiger partial charge is 0.497 e. The first kappa shape index (κ1) is 73.6. The number of methoxy groups -OCH3 is 3. The number of nitrogens with two attached hydrogens (primary N) is 1. The Bertz CT molecular complexity index is 4580. The van der Waals surface area contributed by atoms with Crippen molar-refractivity contribution in [2.24, 2.45) is 0 Å². The van der Waals surface area contributed by atoms with Gasteiger partial charge in [0.1, 0.15) is 35.5 Å². The predicted molar refractivity (Wildman–Crippen MR) is 379 cm³/mol. The van der Waals surface area contributed by atoms with Crippen LogP contribution in [-0.4, -0.2) is 142 Å². The molecule has 6 aromatic carbocycles. The van der Waals surface area contributed by atoms with Crippen molar-refractivity contribution in [1.82, 2.24) is 23.9 Å². The second-order valence-corrected chi connectivity index (χ2v) is 27.9. The number of halogens is 2. The summed E-state index contributed by atoms with van der Waals surface area (Å²) >= 11 is 5.02. The first-order chi connectivity index (χ1) is 45.6. The molecule has 22 nitrogen and oxygen atoms in total. The van der Waals surface area contributed by atoms with Gasteiger partial charge in [-0.3, -0.25) is 14.3 Å². The molecule has 0 bridgehead atoms. The maximum Gasteiger partial charge on any atom is 0.254 e. The molecule has 27 heteroatoms. The number of ether oxygens (including phenoxy) is 5. The number of alkyl halides is 1. The summed E-state index contributed by atoms with van der Waals surface area (Å²) in [5.74, 6) is 2.17. The Morgan fingerprint density at radius 1 is 0.568 bits per heavy atom. The Balaban J connectivity index is 0.000000186. The number of sulfonamides is 2. The summed E-state index contributed by atoms with van der Waals surface area (Å²) in [6.07, 6.45) is 0. The monoisotopic (exact) mass is 1390 g/mol. The minimum atomic E-state index is -3.56. The Morgan fingerprint density at radius 3 is 1.23 bits per heavy atom. The minimum absolute atomic E-state index is 0.0270. The molecule has 0 amide bonds. The van der Waals surface area contributed by atoms with Gasteiger partial charge in [0.2, 0.25) is 19.1 Å². The smallest absolute Gasteiger partial charge is 0.254 e. The van der Waals surface area contributed by atoms with Crippen molar-refractivity contribution in [3.05, 3.63) is 156 Å². The maximum atomic E-state index is 12.5. The number of benzene rings is 6. The van der Waals surface area contributed by atoms with Gasteiger partial charge in [-0.05, 0) is 110 Å². The molecule has 5 N–H and O–H groups in total. The molecule has 0 spiro atoms. The third kappa shape index (κ3) is 19.2. The van der Waals surface area contributed by atoms with Gasteiger partial charge in [-0.2, -0.15) is 15.8 Å². The third-order valence-corrected chi connectivity index (χ3v) is 19.1. The molecule has 95 heavy (non-hydrogen) atoms. The van der Waals surface area contributed by atoms with Crippen LogP contribution < -0.4 is 34.7 Å². The Kier molecular flexibility index (Phi) is 26.8. The van der Waals surface area contributed by atoms with Crippen molar-refractivity contribution in [1.29, 1.82) is 15.8 Å². The molecule has 9 aromatic rings. The van der Waals surface area contributed by atoms with Gasteiger partial charge in [0.15, 0.2) is 0 Å². The Hall–Kier alpha value is -8.78. The van der Waals surface area contributed by atoms with Crippen molar-refractivity contribution in [2.75, 3.05) is 113 Å². The fourth-order valence-corrected chi connectivity index (χ4v) is 13.7. The Morgan fingerprint density at radius 2 is 0.937 bits per heavy atom. The van der Waals surface area contributed by atoms with Crippen LogP contribution in [0.1, 0.15) is 37.5 Å². The minimum Gasteiger partial charge on any atom is -0.497 e. The number of rotatable bonds is 19. The number of nitriles is 3. The van der Waals surface area contributed by atoms with Crippen LogP contribution in [0.4, 0.5) is 17.1 Å². The number of nitrogens with zero attached hydrogens (tertiary/aromatic N) is 7. The van der Waals surface area contributed by atoms with E-state index in [0.717, 1.165) is 135 Å². The fourth-order valence-electron chi connectivity index (χ4n) is 10.7. The van der Waals surface area contributed by atoms with Gasteiger partial charge in [0.25, 0.3) is 10.0 Å². The first-order valence-electron chi connectivity index (χ1n) is 30.2. The van der Waals surface area contributed by atoms with Gasteiger partial charge in [0, 0.05) is 126 Å². The maximum absolute atomic E-state index is 12.5. The fraction of sp³-hybridized carbons (Fsp3) is 0.309. The van der Waals surface area contributed by atoms with E-state index >= 15 is 0 Å². The summed E-state index contributed by atoms with van der Waals surface area (Å²) in [6.45, 7) is 18.6. The average Bonchev–Trinajstić information content (AvgIpc) is 1.63. The standard InChI is InChI=1S/C24H28N4O4S.C20H19N3O3S.C18H17N3O.C4H9NO.C2H4Cl2O2S/c1-3-28-23-16-20(31-2)8-9-21(23)22(17-25)24(28)18-4-6-19(7-5-18)26-33(29,30)15-12-27-10-13-32-14-11-27;1-4-23-19-12-16(26-3)10-11-17(19)18(13-21)20(23)14-6-8-15(9-7-14)22-27(24,25)5-2;1-3-21-17-10-14(22-2)8-9-15(17)16(11-19)18(21)12-4-6-13(20)7-5-12;1-3-6-4-2-5-1;3-1-2-7(4,5)6/h4-9,16,26H,3,10-15H2,1-2H3;5-12,22H,2,4H2,1,3H3;4-10H,3,20H2,1-2H3;5H,1-4H2;1-2H2. The number of hydrogen-bond acceptors (Lipinski definition) is 17. The molecular formula is C68H77Cl2N11O11S3. The molecule has 2 aliphatic rings. The third-order valence-electron chi connectivity index (χ3n) is 15.3. The number of nitrogens with one attached hydrogen (secondary N) is 3. The molecule has 502 valence electrons. The number of hydrogen-bond donors (Lipinski definition) is 4. The zero-order valence-electron chi connectivity index (χ0n) is 53.7. The molecule has 2 fully saturated rings. The highest BCUT2D eigenvalue weighted by molar-refractivity contribution is 8.13. The SMILES string of the molecule is C1COCCN1.C=CS(=O)(=O)Nc1ccc(-c2c(C#N)c3ccc(OC)cc3n2CC)cc1.CCn1c(-c2ccc(N)cc2)c(C#N)c2ccc(OC)cc21.CCn1c(-c2ccc(NS(=O)(=O)CCN3CCOCC3)cc2)c(C#N)c2ccc(OC)cc21.O=S(=O)(Cl)CCCl. The van der Waals surface area contributed by atoms with E-state index in [0.29, 0.717) is 66.6 Å². The van der Waals surface area contributed by atoms with Crippen molar-refractivity contribution in [2.45, 2.75) is 40.4 Å². The highest BCUT2D eigenvalue weighted by atomic mass is 35.7. The average molecular weight is 1390 g/mol. The highest BCUT2D eigenvalue weighted by Gasteiger charge is 2.23. The molecule has 0 unspecified atom stereocenters. The second kappa shape index (κ2) is 34.6. The normalized spacial score (nSPS) is 13.1. The lowest BCUT2D eigenvalue weighted by molar-refractivity contribution is 0.0408. The van der Waals surface area contributed by atoms with Crippen LogP contribution in [0.5, 0.6) is 17.2 Å². The number of aryl methyl sites for hydroxylation is 3. The first-order valence-corrected chi connectivity index (χ1v) is 36.5. The number of fused-ring (bicyclic) bond motifs is 3. The molecule has 2 aliphatic heterocycles. The molecule has 0 aliphatic carbocycles. The van der Waals surface area contributed by atoms with E-state index in [1.165, 1.54) is 0 Å². The van der Waals surface area contributed by atoms with Crippen molar-refractivity contribution < 1.29 is 48.9 Å². The molecule has 0 radical (unpaired) electrons. The van der Waals surface area contributed by atoms with Crippen molar-refractivity contribution in [3.63, 3.8) is 0 Å². The van der Waals surface area contributed by atoms with E-state index in [1.807, 2.05) is 105 Å². The number of aromatic nitrogens is 3. The van der Waals surface area contributed by atoms with Gasteiger partial charge in [-0.15, -0.1) is 11.6 Å². The van der Waals surface area contributed by atoms with E-state index in [-0.39, 0.29) is 17.4 Å². The van der Waals surface area contributed by atoms with Crippen LogP contribution in [-0.2, 0) is 58.2 Å². The van der Waals surface area contributed by atoms with E-state index in [4.69, 9.17) is 51.7 Å². The quantitative estimate of drug-likeness (QED) is 0.0332. The number of nitrogen functional groups attached to an aromatic ring is 1. The molecule has 5 heterocycles. The van der Waals surface area contributed by atoms with Gasteiger partial charge >= 0.3 is 0 Å². The van der Waals surface area contributed by atoms with Crippen LogP contribution >= 0.6 is 22.3 Å². The van der Waals surface area contributed by atoms with Gasteiger partial charge in [-0.25, -0.2) is 25.3 Å². The summed E-state index contributed by atoms with van der Waals surface area (Å²) in [5.41, 5.74) is 17.3. The van der Waals surface area contributed by atoms with Crippen LogP contribution in [0.15, 0.2) is 139 Å². The molecule has 3 aromatic heterocycles. The van der Waals surface area contributed by atoms with E-state index in [1.54, 1.807) is 57.7 Å². The molecule has 2 saturated heterocycles. The second-order valence-electron chi connectivity index (χ2n) is 21.1. The van der Waals surface area contributed by atoms with E-state index in [9.17, 15) is 41.0 Å². The van der Waals surface area contributed by atoms with Crippen molar-refractivity contribution in [3.8, 4) is 69.2 Å². The zero-order chi connectivity index (χ0) is 68.9. The molecular weight excluding hydrogens is 1310 g/mol. The summed E-state index contributed by atoms with van der Waals surface area (Å²) in [6, 6.07) is 45.8. The lowest BCUT2D eigenvalue weighted by Crippen LogP contribution is -2.39. The van der Waals surface area contributed by atoms with Crippen LogP contribution in [0.3, 0.4) is 0 Å². The van der Waals surface area contributed by atoms with Gasteiger partial charge in [-0.1, -0.05) is 43.0 Å². The van der Waals surface area contributed by atoms with Crippen molar-refractivity contribution >= 4 is 101 Å². The highest BCUT2D eigenvalue weighted by Crippen LogP contribution is 2.39. The summed E-state index contributed by atoms with van der Waals surface area (Å²) in [5, 5.41) is 36.0. The zero-order valence-corrected chi connectivity index (χ0v) is 57.7. The molecule has 0 atom stereocenters. The van der Waals surface area contributed by atoms with Crippen LogP contribution in [0, 0.1) is 34.0 Å². The summed E-state index contributed by atoms with van der Waals surface area (Å²) in [4.78, 5) is 2.09. The van der Waals surface area contributed by atoms with Gasteiger partial charge < -0.3 is 48.4 Å². The predicted octanol–water partition coefficient (Wildman–Crippen LogP) is 11.6. The lowest BCUT2D eigenvalue weighted by Gasteiger charge is -2.26.